The van der Waals surface area contributed by atoms with Gasteiger partial charge in [-0.15, -0.1) is 11.3 Å². The first-order valence-electron chi connectivity index (χ1n) is 7.44. The van der Waals surface area contributed by atoms with E-state index in [1.807, 2.05) is 19.1 Å². The number of nitrogens with zero attached hydrogens (tertiary/aromatic N) is 1. The second kappa shape index (κ2) is 6.02. The molecule has 2 aromatic rings. The van der Waals surface area contributed by atoms with Crippen LogP contribution >= 0.6 is 11.3 Å². The highest BCUT2D eigenvalue weighted by atomic mass is 32.1. The molecule has 0 aliphatic heterocycles. The van der Waals surface area contributed by atoms with Gasteiger partial charge in [0.05, 0.1) is 11.8 Å². The average Bonchev–Trinajstić information content (AvgIpc) is 2.95. The van der Waals surface area contributed by atoms with Gasteiger partial charge in [0.15, 0.2) is 5.01 Å². The number of carbonyl (C=O) groups is 1. The molecule has 0 saturated heterocycles. The molecule has 1 saturated carbocycles. The zero-order chi connectivity index (χ0) is 14.8. The lowest BCUT2D eigenvalue weighted by molar-refractivity contribution is 0.0927. The Labute approximate surface area is 128 Å². The number of benzene rings is 1. The van der Waals surface area contributed by atoms with Crippen LogP contribution in [0.1, 0.15) is 47.5 Å². The molecule has 0 spiro atoms. The van der Waals surface area contributed by atoms with Gasteiger partial charge in [-0.2, -0.15) is 0 Å². The van der Waals surface area contributed by atoms with Crippen LogP contribution in [0.2, 0.25) is 0 Å². The second-order valence-corrected chi connectivity index (χ2v) is 6.59. The smallest absolute Gasteiger partial charge is 0.280 e. The molecule has 1 N–H and O–H groups in total. The van der Waals surface area contributed by atoms with E-state index in [0.29, 0.717) is 11.0 Å². The summed E-state index contributed by atoms with van der Waals surface area (Å²) >= 11 is 1.45. The molecule has 0 atom stereocenters. The summed E-state index contributed by atoms with van der Waals surface area (Å²) in [6, 6.07) is 4.21. The van der Waals surface area contributed by atoms with E-state index in [4.69, 9.17) is 4.74 Å². The minimum Gasteiger partial charge on any atom is -0.494 e. The topological polar surface area (TPSA) is 51.2 Å². The van der Waals surface area contributed by atoms with Gasteiger partial charge < -0.3 is 10.1 Å². The molecule has 1 heterocycles. The van der Waals surface area contributed by atoms with E-state index in [-0.39, 0.29) is 5.91 Å². The molecule has 1 aromatic heterocycles. The van der Waals surface area contributed by atoms with Crippen molar-refractivity contribution < 1.29 is 9.53 Å². The number of methoxy groups -OCH3 is 1. The van der Waals surface area contributed by atoms with Gasteiger partial charge in [0.1, 0.15) is 11.3 Å². The maximum absolute atomic E-state index is 12.4. The van der Waals surface area contributed by atoms with Gasteiger partial charge in [0.2, 0.25) is 0 Å². The molecule has 4 nitrogen and oxygen atoms in total. The van der Waals surface area contributed by atoms with Crippen molar-refractivity contribution >= 4 is 27.5 Å². The number of fused-ring (bicyclic) bond motifs is 1. The van der Waals surface area contributed by atoms with Crippen LogP contribution in [0.4, 0.5) is 0 Å². The van der Waals surface area contributed by atoms with Crippen LogP contribution in [-0.2, 0) is 0 Å². The van der Waals surface area contributed by atoms with E-state index in [9.17, 15) is 4.79 Å². The SMILES string of the molecule is COc1ccc(C)c2sc(C(=O)NC3CCCCC3)nc12. The molecule has 0 radical (unpaired) electrons. The van der Waals surface area contributed by atoms with Crippen molar-refractivity contribution in [2.45, 2.75) is 45.1 Å². The minimum atomic E-state index is -0.0513. The Hall–Kier alpha value is -1.62. The van der Waals surface area contributed by atoms with E-state index >= 15 is 0 Å². The number of carbonyl (C=O) groups excluding carboxylic acids is 1. The first-order valence-corrected chi connectivity index (χ1v) is 8.25. The van der Waals surface area contributed by atoms with Gasteiger partial charge in [0, 0.05) is 6.04 Å². The van der Waals surface area contributed by atoms with Crippen LogP contribution in [0, 0.1) is 6.92 Å². The van der Waals surface area contributed by atoms with Crippen molar-refractivity contribution in [3.8, 4) is 5.75 Å². The van der Waals surface area contributed by atoms with Gasteiger partial charge in [-0.25, -0.2) is 4.98 Å². The second-order valence-electron chi connectivity index (χ2n) is 5.59. The van der Waals surface area contributed by atoms with Crippen LogP contribution < -0.4 is 10.1 Å². The summed E-state index contributed by atoms with van der Waals surface area (Å²) in [6.07, 6.45) is 5.86. The number of thiazole rings is 1. The van der Waals surface area contributed by atoms with Crippen molar-refractivity contribution in [3.05, 3.63) is 22.7 Å². The molecule has 1 aromatic carbocycles. The van der Waals surface area contributed by atoms with Crippen LogP contribution in [0.15, 0.2) is 12.1 Å². The Morgan fingerprint density at radius 1 is 1.33 bits per heavy atom. The number of hydrogen-bond donors (Lipinski definition) is 1. The predicted molar refractivity (Wildman–Crippen MR) is 85.2 cm³/mol. The van der Waals surface area contributed by atoms with Crippen molar-refractivity contribution in [3.63, 3.8) is 0 Å². The van der Waals surface area contributed by atoms with E-state index in [0.717, 1.165) is 34.4 Å². The number of aryl methyl sites for hydroxylation is 1. The van der Waals surface area contributed by atoms with E-state index in [1.165, 1.54) is 30.6 Å². The highest BCUT2D eigenvalue weighted by molar-refractivity contribution is 7.20. The average molecular weight is 304 g/mol. The lowest BCUT2D eigenvalue weighted by atomic mass is 9.95. The molecule has 1 fully saturated rings. The number of rotatable bonds is 3. The normalized spacial score (nSPS) is 16.1. The van der Waals surface area contributed by atoms with Gasteiger partial charge in [-0.1, -0.05) is 25.3 Å². The zero-order valence-electron chi connectivity index (χ0n) is 12.4. The Kier molecular flexibility index (Phi) is 4.10. The Morgan fingerprint density at radius 2 is 2.10 bits per heavy atom. The third-order valence-corrected chi connectivity index (χ3v) is 5.25. The highest BCUT2D eigenvalue weighted by Gasteiger charge is 2.20. The lowest BCUT2D eigenvalue weighted by Gasteiger charge is -2.22. The summed E-state index contributed by atoms with van der Waals surface area (Å²) < 4.78 is 6.37. The molecule has 0 unspecified atom stereocenters. The first-order chi connectivity index (χ1) is 10.2. The number of amides is 1. The van der Waals surface area contributed by atoms with Gasteiger partial charge >= 0.3 is 0 Å². The molecule has 1 aliphatic carbocycles. The van der Waals surface area contributed by atoms with E-state index < -0.39 is 0 Å². The molecule has 5 heteroatoms. The molecule has 112 valence electrons. The Balaban J connectivity index is 1.86. The summed E-state index contributed by atoms with van der Waals surface area (Å²) in [7, 11) is 1.63. The summed E-state index contributed by atoms with van der Waals surface area (Å²) in [5, 5.41) is 3.65. The number of nitrogens with one attached hydrogen (secondary N) is 1. The summed E-state index contributed by atoms with van der Waals surface area (Å²) in [4.78, 5) is 16.9. The largest absolute Gasteiger partial charge is 0.494 e. The first kappa shape index (κ1) is 14.3. The molecule has 3 rings (SSSR count). The Bertz CT molecular complexity index is 660. The summed E-state index contributed by atoms with van der Waals surface area (Å²) in [5.74, 6) is 0.674. The van der Waals surface area contributed by atoms with Gasteiger partial charge in [-0.05, 0) is 31.4 Å². The maximum atomic E-state index is 12.4. The van der Waals surface area contributed by atoms with E-state index in [1.54, 1.807) is 7.11 Å². The van der Waals surface area contributed by atoms with Gasteiger partial charge in [-0.3, -0.25) is 4.79 Å². The quantitative estimate of drug-likeness (QED) is 0.941. The maximum Gasteiger partial charge on any atom is 0.280 e. The highest BCUT2D eigenvalue weighted by Crippen LogP contribution is 2.32. The third kappa shape index (κ3) is 2.88. The number of aromatic nitrogens is 1. The fourth-order valence-corrected chi connectivity index (χ4v) is 3.82. The fourth-order valence-electron chi connectivity index (χ4n) is 2.87. The molecule has 1 aliphatic rings. The summed E-state index contributed by atoms with van der Waals surface area (Å²) in [6.45, 7) is 2.03. The number of hydrogen-bond acceptors (Lipinski definition) is 4. The monoisotopic (exact) mass is 304 g/mol. The molecule has 1 amide bonds. The molecule has 21 heavy (non-hydrogen) atoms. The molecular formula is C16H20N2O2S. The van der Waals surface area contributed by atoms with Crippen LogP contribution in [0.3, 0.4) is 0 Å². The Morgan fingerprint density at radius 3 is 2.81 bits per heavy atom. The predicted octanol–water partition coefficient (Wildman–Crippen LogP) is 3.68. The van der Waals surface area contributed by atoms with Crippen molar-refractivity contribution in [2.75, 3.05) is 7.11 Å². The third-order valence-electron chi connectivity index (χ3n) is 4.06. The molecule has 0 bridgehead atoms. The summed E-state index contributed by atoms with van der Waals surface area (Å²) in [5.41, 5.74) is 1.91. The zero-order valence-corrected chi connectivity index (χ0v) is 13.3. The number of ether oxygens (including phenoxy) is 1. The van der Waals surface area contributed by atoms with E-state index in [2.05, 4.69) is 10.3 Å². The lowest BCUT2D eigenvalue weighted by Crippen LogP contribution is -2.36. The fraction of sp³-hybridized carbons (Fsp3) is 0.500. The van der Waals surface area contributed by atoms with Crippen molar-refractivity contribution in [1.29, 1.82) is 0 Å². The van der Waals surface area contributed by atoms with Crippen molar-refractivity contribution in [2.24, 2.45) is 0 Å². The minimum absolute atomic E-state index is 0.0513. The van der Waals surface area contributed by atoms with Gasteiger partial charge in [0.25, 0.3) is 5.91 Å². The van der Waals surface area contributed by atoms with Crippen LogP contribution in [-0.4, -0.2) is 24.0 Å². The van der Waals surface area contributed by atoms with Crippen molar-refractivity contribution in [1.82, 2.24) is 10.3 Å². The van der Waals surface area contributed by atoms with Crippen LogP contribution in [0.5, 0.6) is 5.75 Å². The standard InChI is InChI=1S/C16H20N2O2S/c1-10-8-9-12(20-2)13-14(10)21-16(18-13)15(19)17-11-6-4-3-5-7-11/h8-9,11H,3-7H2,1-2H3,(H,17,19). The van der Waals surface area contributed by atoms with Crippen LogP contribution in [0.25, 0.3) is 10.2 Å². The molecular weight excluding hydrogens is 284 g/mol.